The van der Waals surface area contributed by atoms with Gasteiger partial charge in [-0.3, -0.25) is 9.69 Å². The first-order valence-electron chi connectivity index (χ1n) is 14.2. The van der Waals surface area contributed by atoms with Crippen LogP contribution in [0.5, 0.6) is 0 Å². The van der Waals surface area contributed by atoms with E-state index in [1.54, 1.807) is 6.08 Å². The maximum atomic E-state index is 13.1. The van der Waals surface area contributed by atoms with E-state index in [1.165, 1.54) is 4.90 Å². The number of urea groups is 1. The quantitative estimate of drug-likeness (QED) is 0.132. The number of hydrogen-bond acceptors (Lipinski definition) is 3. The van der Waals surface area contributed by atoms with E-state index in [1.807, 2.05) is 31.3 Å². The standard InChI is InChI=1S/C34H36N4O2/c1-3-5-22-31-35-29(24-30-32(39)37(23-6-4-2)33(40)36-30)25-38(31)34(26-16-10-7-11-17-26,27-18-12-8-13-19-27)28-20-14-9-15-21-28/h7-21,24-25H,3-6,22-23H2,1-2H3,(H,36,40). The van der Waals surface area contributed by atoms with Crippen molar-refractivity contribution >= 4 is 18.0 Å². The molecule has 1 N–H and O–H groups in total. The second-order valence-electron chi connectivity index (χ2n) is 10.2. The lowest BCUT2D eigenvalue weighted by Crippen LogP contribution is -2.38. The summed E-state index contributed by atoms with van der Waals surface area (Å²) in [6.45, 7) is 4.62. The van der Waals surface area contributed by atoms with Crippen molar-refractivity contribution < 1.29 is 9.59 Å². The Kier molecular flexibility index (Phi) is 8.25. The Morgan fingerprint density at radius 1 is 0.775 bits per heavy atom. The molecule has 204 valence electrons. The van der Waals surface area contributed by atoms with E-state index >= 15 is 0 Å². The predicted molar refractivity (Wildman–Crippen MR) is 159 cm³/mol. The zero-order valence-corrected chi connectivity index (χ0v) is 23.2. The number of nitrogens with zero attached hydrogens (tertiary/aromatic N) is 3. The first kappa shape index (κ1) is 27.1. The monoisotopic (exact) mass is 532 g/mol. The fourth-order valence-electron chi connectivity index (χ4n) is 5.50. The van der Waals surface area contributed by atoms with Crippen molar-refractivity contribution in [3.05, 3.63) is 131 Å². The number of nitrogens with one attached hydrogen (secondary N) is 1. The highest BCUT2D eigenvalue weighted by molar-refractivity contribution is 6.13. The number of carbonyl (C=O) groups excluding carboxylic acids is 2. The molecule has 0 spiro atoms. The SMILES string of the molecule is CCCCc1nc(C=C2NC(=O)N(CCCC)C2=O)cn1C(c1ccccc1)(c1ccccc1)c1ccccc1. The van der Waals surface area contributed by atoms with Gasteiger partial charge in [-0.15, -0.1) is 0 Å². The second kappa shape index (κ2) is 12.2. The van der Waals surface area contributed by atoms with Gasteiger partial charge in [0.25, 0.3) is 5.91 Å². The molecule has 1 aromatic heterocycles. The molecule has 40 heavy (non-hydrogen) atoms. The summed E-state index contributed by atoms with van der Waals surface area (Å²) >= 11 is 0. The minimum absolute atomic E-state index is 0.262. The van der Waals surface area contributed by atoms with Crippen molar-refractivity contribution in [1.82, 2.24) is 19.8 Å². The Bertz CT molecular complexity index is 1380. The van der Waals surface area contributed by atoms with Crippen LogP contribution in [-0.2, 0) is 16.8 Å². The van der Waals surface area contributed by atoms with Crippen LogP contribution >= 0.6 is 0 Å². The van der Waals surface area contributed by atoms with Crippen LogP contribution in [-0.4, -0.2) is 32.9 Å². The number of unbranched alkanes of at least 4 members (excludes halogenated alkanes) is 2. The van der Waals surface area contributed by atoms with Crippen LogP contribution in [0.4, 0.5) is 4.79 Å². The molecule has 6 nitrogen and oxygen atoms in total. The molecule has 0 bridgehead atoms. The summed E-state index contributed by atoms with van der Waals surface area (Å²) in [7, 11) is 0. The summed E-state index contributed by atoms with van der Waals surface area (Å²) in [5, 5.41) is 2.77. The molecule has 6 heteroatoms. The largest absolute Gasteiger partial charge is 0.329 e. The minimum Gasteiger partial charge on any atom is -0.316 e. The Hall–Kier alpha value is -4.45. The number of amides is 3. The Morgan fingerprint density at radius 3 is 1.80 bits per heavy atom. The lowest BCUT2D eigenvalue weighted by Gasteiger charge is -2.38. The summed E-state index contributed by atoms with van der Waals surface area (Å²) < 4.78 is 2.27. The third-order valence-corrected chi connectivity index (χ3v) is 7.48. The Balaban J connectivity index is 1.73. The maximum absolute atomic E-state index is 13.1. The normalized spacial score (nSPS) is 14.7. The van der Waals surface area contributed by atoms with Crippen LogP contribution in [0.1, 0.15) is 67.7 Å². The highest BCUT2D eigenvalue weighted by Gasteiger charge is 2.40. The zero-order valence-electron chi connectivity index (χ0n) is 23.2. The van der Waals surface area contributed by atoms with Crippen molar-refractivity contribution in [3.63, 3.8) is 0 Å². The molecular formula is C34H36N4O2. The fraction of sp³-hybridized carbons (Fsp3) is 0.265. The molecule has 0 radical (unpaired) electrons. The molecule has 0 aliphatic carbocycles. The Labute approximate surface area is 236 Å². The summed E-state index contributed by atoms with van der Waals surface area (Å²) in [4.78, 5) is 32.0. The number of imidazole rings is 1. The van der Waals surface area contributed by atoms with E-state index in [9.17, 15) is 9.59 Å². The predicted octanol–water partition coefficient (Wildman–Crippen LogP) is 6.76. The van der Waals surface area contributed by atoms with E-state index < -0.39 is 5.54 Å². The number of hydrogen-bond donors (Lipinski definition) is 1. The van der Waals surface area contributed by atoms with Gasteiger partial charge in [0.1, 0.15) is 17.1 Å². The summed E-state index contributed by atoms with van der Waals surface area (Å²) in [6.07, 6.45) is 8.19. The average Bonchev–Trinajstić information content (AvgIpc) is 3.52. The first-order chi connectivity index (χ1) is 19.6. The lowest BCUT2D eigenvalue weighted by atomic mass is 9.76. The van der Waals surface area contributed by atoms with E-state index in [2.05, 4.69) is 89.6 Å². The van der Waals surface area contributed by atoms with Crippen LogP contribution in [0.3, 0.4) is 0 Å². The summed E-state index contributed by atoms with van der Waals surface area (Å²) in [6, 6.07) is 31.1. The number of benzene rings is 3. The minimum atomic E-state index is -0.702. The number of aryl methyl sites for hydroxylation is 1. The first-order valence-corrected chi connectivity index (χ1v) is 14.2. The van der Waals surface area contributed by atoms with Crippen LogP contribution in [0.2, 0.25) is 0 Å². The van der Waals surface area contributed by atoms with Crippen LogP contribution in [0.25, 0.3) is 6.08 Å². The molecular weight excluding hydrogens is 496 g/mol. The van der Waals surface area contributed by atoms with Gasteiger partial charge in [0.05, 0.1) is 5.69 Å². The third kappa shape index (κ3) is 5.09. The van der Waals surface area contributed by atoms with Gasteiger partial charge < -0.3 is 9.88 Å². The molecule has 5 rings (SSSR count). The molecule has 1 aliphatic heterocycles. The molecule has 4 aromatic rings. The van der Waals surface area contributed by atoms with Gasteiger partial charge >= 0.3 is 6.03 Å². The molecule has 1 saturated heterocycles. The highest BCUT2D eigenvalue weighted by Crippen LogP contribution is 2.42. The van der Waals surface area contributed by atoms with Gasteiger partial charge in [0.15, 0.2) is 0 Å². The van der Waals surface area contributed by atoms with Crippen molar-refractivity contribution in [2.24, 2.45) is 0 Å². The molecule has 3 amide bonds. The topological polar surface area (TPSA) is 67.2 Å². The maximum Gasteiger partial charge on any atom is 0.329 e. The number of imide groups is 1. The van der Waals surface area contributed by atoms with E-state index in [-0.39, 0.29) is 17.6 Å². The van der Waals surface area contributed by atoms with Gasteiger partial charge in [-0.25, -0.2) is 9.78 Å². The van der Waals surface area contributed by atoms with Gasteiger partial charge in [0, 0.05) is 19.2 Å². The third-order valence-electron chi connectivity index (χ3n) is 7.48. The van der Waals surface area contributed by atoms with Crippen LogP contribution in [0, 0.1) is 0 Å². The number of carbonyl (C=O) groups is 2. The molecule has 0 atom stereocenters. The van der Waals surface area contributed by atoms with E-state index in [0.29, 0.717) is 12.2 Å². The fourth-order valence-corrected chi connectivity index (χ4v) is 5.50. The zero-order chi connectivity index (χ0) is 28.0. The summed E-state index contributed by atoms with van der Waals surface area (Å²) in [5.41, 5.74) is 3.53. The van der Waals surface area contributed by atoms with Crippen LogP contribution < -0.4 is 5.32 Å². The summed E-state index contributed by atoms with van der Waals surface area (Å²) in [5.74, 6) is 0.619. The molecule has 1 aliphatic rings. The van der Waals surface area contributed by atoms with Crippen molar-refractivity contribution in [2.75, 3.05) is 6.54 Å². The molecule has 0 saturated carbocycles. The van der Waals surface area contributed by atoms with Crippen molar-refractivity contribution in [1.29, 1.82) is 0 Å². The van der Waals surface area contributed by atoms with Gasteiger partial charge in [-0.2, -0.15) is 0 Å². The van der Waals surface area contributed by atoms with E-state index in [0.717, 1.165) is 54.6 Å². The lowest BCUT2D eigenvalue weighted by molar-refractivity contribution is -0.122. The molecule has 2 heterocycles. The second-order valence-corrected chi connectivity index (χ2v) is 10.2. The molecule has 3 aromatic carbocycles. The number of aromatic nitrogens is 2. The van der Waals surface area contributed by atoms with Gasteiger partial charge in [-0.05, 0) is 35.6 Å². The number of rotatable bonds is 11. The average molecular weight is 533 g/mol. The molecule has 0 unspecified atom stereocenters. The smallest absolute Gasteiger partial charge is 0.316 e. The van der Waals surface area contributed by atoms with E-state index in [4.69, 9.17) is 4.98 Å². The van der Waals surface area contributed by atoms with Gasteiger partial charge in [-0.1, -0.05) is 118 Å². The highest BCUT2D eigenvalue weighted by atomic mass is 16.2. The van der Waals surface area contributed by atoms with Crippen molar-refractivity contribution in [3.8, 4) is 0 Å². The van der Waals surface area contributed by atoms with Gasteiger partial charge in [0.2, 0.25) is 0 Å². The molecule has 1 fully saturated rings. The Morgan fingerprint density at radius 2 is 1.30 bits per heavy atom. The van der Waals surface area contributed by atoms with Crippen molar-refractivity contribution in [2.45, 2.75) is 51.5 Å². The van der Waals surface area contributed by atoms with Crippen LogP contribution in [0.15, 0.2) is 103 Å².